The van der Waals surface area contributed by atoms with Crippen molar-refractivity contribution in [2.75, 3.05) is 38.0 Å². The van der Waals surface area contributed by atoms with Crippen LogP contribution in [0.15, 0.2) is 90.9 Å². The second-order valence-electron chi connectivity index (χ2n) is 9.37. The molecule has 0 amide bonds. The van der Waals surface area contributed by atoms with Crippen LogP contribution in [0.2, 0.25) is 0 Å². The molecule has 4 rings (SSSR count). The third-order valence-electron chi connectivity index (χ3n) is 6.03. The van der Waals surface area contributed by atoms with Gasteiger partial charge in [0.05, 0.1) is 22.7 Å². The second-order valence-corrected chi connectivity index (χ2v) is 12.2. The summed E-state index contributed by atoms with van der Waals surface area (Å²) in [4.78, 5) is 1.59. The zero-order valence-electron chi connectivity index (χ0n) is 24.6. The van der Waals surface area contributed by atoms with Gasteiger partial charge in [0.1, 0.15) is 9.79 Å². The quantitative estimate of drug-likeness (QED) is 0.126. The number of fused-ring (bicyclic) bond motifs is 1. The van der Waals surface area contributed by atoms with Crippen molar-refractivity contribution in [1.29, 1.82) is 0 Å². The Morgan fingerprint density at radius 3 is 1.18 bits per heavy atom. The first kappa shape index (κ1) is 37.5. The van der Waals surface area contributed by atoms with Gasteiger partial charge in [-0.15, -0.1) is 10.2 Å². The molecule has 0 aliphatic carbocycles. The molecular formula is C26H24N6Na2O8S2. The summed E-state index contributed by atoms with van der Waals surface area (Å²) in [7, 11) is -2.97. The molecule has 0 heterocycles. The molecule has 0 aliphatic heterocycles. The molecule has 2 N–H and O–H groups in total. The predicted octanol–water partition coefficient (Wildman–Crippen LogP) is -1.55. The normalized spacial score (nSPS) is 11.9. The van der Waals surface area contributed by atoms with E-state index in [0.717, 1.165) is 11.4 Å². The molecule has 0 radical (unpaired) electrons. The maximum absolute atomic E-state index is 13.4. The van der Waals surface area contributed by atoms with E-state index in [2.05, 4.69) is 20.5 Å². The van der Waals surface area contributed by atoms with Gasteiger partial charge in [0.15, 0.2) is 0 Å². The van der Waals surface area contributed by atoms with Crippen molar-refractivity contribution in [3.8, 4) is 11.5 Å². The average molecular weight is 659 g/mol. The van der Waals surface area contributed by atoms with Crippen LogP contribution in [-0.4, -0.2) is 54.1 Å². The summed E-state index contributed by atoms with van der Waals surface area (Å²) in [5, 5.41) is 40.9. The summed E-state index contributed by atoms with van der Waals surface area (Å²) in [5.74, 6) is -2.54. The van der Waals surface area contributed by atoms with Gasteiger partial charge in [0.2, 0.25) is 0 Å². The first-order valence-corrected chi connectivity index (χ1v) is 14.8. The van der Waals surface area contributed by atoms with Gasteiger partial charge < -0.3 is 20.0 Å². The molecule has 0 saturated carbocycles. The van der Waals surface area contributed by atoms with Gasteiger partial charge in [-0.05, 0) is 71.4 Å². The Bertz CT molecular complexity index is 1810. The number of azo groups is 2. The number of hydrogen-bond acceptors (Lipinski definition) is 12. The van der Waals surface area contributed by atoms with E-state index in [9.17, 15) is 36.2 Å². The molecule has 4 aromatic rings. The Morgan fingerprint density at radius 1 is 0.591 bits per heavy atom. The van der Waals surface area contributed by atoms with E-state index < -0.39 is 63.7 Å². The van der Waals surface area contributed by atoms with Gasteiger partial charge in [0.25, 0.3) is 20.2 Å². The Morgan fingerprint density at radius 2 is 0.909 bits per heavy atom. The van der Waals surface area contributed by atoms with E-state index in [-0.39, 0.29) is 70.5 Å². The molecule has 44 heavy (non-hydrogen) atoms. The van der Waals surface area contributed by atoms with Crippen LogP contribution in [0.4, 0.5) is 34.1 Å². The van der Waals surface area contributed by atoms with Crippen molar-refractivity contribution in [3.05, 3.63) is 60.7 Å². The molecular weight excluding hydrogens is 634 g/mol. The minimum atomic E-state index is -5.12. The van der Waals surface area contributed by atoms with Crippen molar-refractivity contribution in [2.24, 2.45) is 20.5 Å². The van der Waals surface area contributed by atoms with Crippen LogP contribution in [0.25, 0.3) is 10.8 Å². The summed E-state index contributed by atoms with van der Waals surface area (Å²) in [6.07, 6.45) is 0. The number of nitrogens with zero attached hydrogens (tertiary/aromatic N) is 6. The molecule has 0 aromatic heterocycles. The Kier molecular flexibility index (Phi) is 12.5. The summed E-state index contributed by atoms with van der Waals surface area (Å²) in [6.45, 7) is 0. The van der Waals surface area contributed by atoms with E-state index in [4.69, 9.17) is 0 Å². The fraction of sp³-hybridized carbons (Fsp3) is 0.154. The van der Waals surface area contributed by atoms with Crippen molar-refractivity contribution in [1.82, 2.24) is 0 Å². The molecule has 0 bridgehead atoms. The third kappa shape index (κ3) is 8.33. The van der Waals surface area contributed by atoms with Crippen LogP contribution in [0, 0.1) is 0 Å². The van der Waals surface area contributed by atoms with Gasteiger partial charge in [-0.2, -0.15) is 27.1 Å². The van der Waals surface area contributed by atoms with Crippen molar-refractivity contribution in [3.63, 3.8) is 0 Å². The van der Waals surface area contributed by atoms with Gasteiger partial charge in [-0.25, -0.2) is 0 Å². The van der Waals surface area contributed by atoms with Crippen molar-refractivity contribution < 1.29 is 95.3 Å². The Labute approximate surface area is 298 Å². The molecule has 0 fully saturated rings. The van der Waals surface area contributed by atoms with Crippen LogP contribution in [0.3, 0.4) is 0 Å². The maximum Gasteiger partial charge on any atom is 1.00 e. The average Bonchev–Trinajstić information content (AvgIpc) is 2.90. The third-order valence-corrected chi connectivity index (χ3v) is 7.77. The maximum atomic E-state index is 13.4. The van der Waals surface area contributed by atoms with Gasteiger partial charge in [0, 0.05) is 39.6 Å². The summed E-state index contributed by atoms with van der Waals surface area (Å²) in [5.41, 5.74) is 0.314. The smallest absolute Gasteiger partial charge is 0.871 e. The summed E-state index contributed by atoms with van der Waals surface area (Å²) < 4.78 is 68.3. The van der Waals surface area contributed by atoms with Gasteiger partial charge in [-0.1, -0.05) is 11.5 Å². The van der Waals surface area contributed by atoms with E-state index in [1.165, 1.54) is 0 Å². The number of anilines is 2. The molecule has 0 unspecified atom stereocenters. The number of rotatable bonds is 8. The first-order valence-electron chi connectivity index (χ1n) is 11.9. The molecule has 0 aliphatic rings. The van der Waals surface area contributed by atoms with Crippen molar-refractivity contribution >= 4 is 65.1 Å². The first-order chi connectivity index (χ1) is 19.6. The molecule has 0 atom stereocenters. The topological polar surface area (TPSA) is 211 Å². The number of benzene rings is 4. The zero-order valence-corrected chi connectivity index (χ0v) is 30.3. The summed E-state index contributed by atoms with van der Waals surface area (Å²) >= 11 is 0. The Balaban J connectivity index is 0.00000337. The summed E-state index contributed by atoms with van der Waals surface area (Å²) in [6, 6.07) is 14.3. The van der Waals surface area contributed by atoms with E-state index >= 15 is 0 Å². The van der Waals surface area contributed by atoms with Gasteiger partial charge in [-0.3, -0.25) is 9.11 Å². The van der Waals surface area contributed by atoms with Crippen LogP contribution in [0.1, 0.15) is 0 Å². The minimum absolute atomic E-state index is 0. The van der Waals surface area contributed by atoms with Crippen LogP contribution in [0.5, 0.6) is 11.5 Å². The molecule has 14 nitrogen and oxygen atoms in total. The van der Waals surface area contributed by atoms with Gasteiger partial charge >= 0.3 is 59.1 Å². The fourth-order valence-electron chi connectivity index (χ4n) is 3.86. The monoisotopic (exact) mass is 658 g/mol. The van der Waals surface area contributed by atoms with E-state index in [1.54, 1.807) is 48.5 Å². The molecule has 18 heteroatoms. The Hall–Kier alpha value is -2.64. The van der Waals surface area contributed by atoms with E-state index in [0.29, 0.717) is 12.1 Å². The SMILES string of the molecule is CN(C)c1ccc(N=Nc2c(S(=O)(=O)O)cc3cc(S(=O)(=O)O)c(N=Nc4ccc(N(C)C)cc4)c([O-])c3c2[O-])cc1.[Na+].[Na+]. The van der Waals surface area contributed by atoms with Crippen LogP contribution in [-0.2, 0) is 20.2 Å². The molecule has 4 aromatic carbocycles. The molecule has 0 saturated heterocycles. The van der Waals surface area contributed by atoms with Crippen LogP contribution < -0.4 is 79.1 Å². The standard InChI is InChI=1S/C26H26N6O8S2.2Na/c1-31(2)18-9-5-16(6-10-18)27-29-23-20(41(35,36)37)13-15-14-21(42(38,39)40)24(26(34)22(15)25(23)33)30-28-17-7-11-19(12-8-17)32(3)4;;/h5-14,33-34H,1-4H3,(H,35,36,37)(H,38,39,40);;/q;2*+1/p-2. The largest absolute Gasteiger partial charge is 1.00 e. The predicted molar refractivity (Wildman–Crippen MR) is 152 cm³/mol. The van der Waals surface area contributed by atoms with Crippen molar-refractivity contribution in [2.45, 2.75) is 9.79 Å². The molecule has 220 valence electrons. The second kappa shape index (κ2) is 14.6. The minimum Gasteiger partial charge on any atom is -0.871 e. The fourth-order valence-corrected chi connectivity index (χ4v) is 5.17. The molecule has 0 spiro atoms. The van der Waals surface area contributed by atoms with E-state index in [1.807, 2.05) is 38.0 Å². The zero-order chi connectivity index (χ0) is 31.0. The number of hydrogen-bond donors (Lipinski definition) is 2. The van der Waals surface area contributed by atoms with Crippen LogP contribution >= 0.6 is 0 Å².